The van der Waals surface area contributed by atoms with E-state index in [2.05, 4.69) is 20.6 Å². The summed E-state index contributed by atoms with van der Waals surface area (Å²) in [6, 6.07) is 5.87. The minimum atomic E-state index is -0.131. The fourth-order valence-corrected chi connectivity index (χ4v) is 3.38. The Morgan fingerprint density at radius 2 is 2.32 bits per heavy atom. The lowest BCUT2D eigenvalue weighted by Gasteiger charge is -2.20. The summed E-state index contributed by atoms with van der Waals surface area (Å²) in [4.78, 5) is 12.5. The first-order valence-electron chi connectivity index (χ1n) is 8.43. The van der Waals surface area contributed by atoms with Gasteiger partial charge in [-0.3, -0.25) is 14.6 Å². The molecule has 1 saturated heterocycles. The van der Waals surface area contributed by atoms with Crippen molar-refractivity contribution in [3.05, 3.63) is 47.4 Å². The van der Waals surface area contributed by atoms with Gasteiger partial charge in [0.25, 0.3) is 0 Å². The highest BCUT2D eigenvalue weighted by atomic mass is 16.5. The number of aryl methyl sites for hydroxylation is 1. The van der Waals surface area contributed by atoms with Crippen molar-refractivity contribution in [2.45, 2.75) is 31.9 Å². The number of amides is 1. The summed E-state index contributed by atoms with van der Waals surface area (Å²) in [5, 5.41) is 15.3. The lowest BCUT2D eigenvalue weighted by atomic mass is 10.0. The normalized spacial score (nSPS) is 20.2. The van der Waals surface area contributed by atoms with E-state index in [-0.39, 0.29) is 18.1 Å². The summed E-state index contributed by atoms with van der Waals surface area (Å²) >= 11 is 0. The molecule has 25 heavy (non-hydrogen) atoms. The predicted molar refractivity (Wildman–Crippen MR) is 93.0 cm³/mol. The Balaban J connectivity index is 1.45. The summed E-state index contributed by atoms with van der Waals surface area (Å²) in [7, 11) is 1.91. The van der Waals surface area contributed by atoms with Crippen LogP contribution < -0.4 is 5.32 Å². The molecule has 2 aromatic heterocycles. The molecule has 130 valence electrons. The monoisotopic (exact) mass is 339 g/mol. The topological polar surface area (TPSA) is 84.8 Å². The highest BCUT2D eigenvalue weighted by molar-refractivity contribution is 5.83. The van der Waals surface area contributed by atoms with Crippen molar-refractivity contribution >= 4 is 16.8 Å². The maximum absolute atomic E-state index is 12.5. The summed E-state index contributed by atoms with van der Waals surface area (Å²) in [5.41, 5.74) is 4.06. The van der Waals surface area contributed by atoms with Crippen molar-refractivity contribution < 1.29 is 9.53 Å². The SMILES string of the molecule is Cc1c([C@H]2OCC[C@@H]2NC(=O)Cc2ccc3[nH]ncc3c2)cnn1C. The van der Waals surface area contributed by atoms with Crippen molar-refractivity contribution in [3.63, 3.8) is 0 Å². The van der Waals surface area contributed by atoms with E-state index in [1.54, 1.807) is 6.20 Å². The number of fused-ring (bicyclic) bond motifs is 1. The van der Waals surface area contributed by atoms with E-state index >= 15 is 0 Å². The van der Waals surface area contributed by atoms with Crippen LogP contribution in [0.4, 0.5) is 0 Å². The first kappa shape index (κ1) is 15.8. The van der Waals surface area contributed by atoms with E-state index in [0.29, 0.717) is 13.0 Å². The molecule has 1 aromatic carbocycles. The Morgan fingerprint density at radius 1 is 1.44 bits per heavy atom. The van der Waals surface area contributed by atoms with Crippen LogP contribution in [0.1, 0.15) is 29.3 Å². The molecule has 4 rings (SSSR count). The number of hydrogen-bond acceptors (Lipinski definition) is 4. The maximum atomic E-state index is 12.5. The van der Waals surface area contributed by atoms with Crippen LogP contribution in [-0.2, 0) is 23.0 Å². The van der Waals surface area contributed by atoms with Crippen LogP contribution in [0, 0.1) is 6.92 Å². The number of benzene rings is 1. The molecule has 2 atom stereocenters. The number of carbonyl (C=O) groups excluding carboxylic acids is 1. The van der Waals surface area contributed by atoms with Gasteiger partial charge in [-0.15, -0.1) is 0 Å². The number of rotatable bonds is 4. The average molecular weight is 339 g/mol. The molecule has 0 radical (unpaired) electrons. The van der Waals surface area contributed by atoms with Crippen LogP contribution in [0.5, 0.6) is 0 Å². The molecule has 0 aliphatic carbocycles. The minimum absolute atomic E-state index is 0.00453. The Labute approximate surface area is 145 Å². The Kier molecular flexibility index (Phi) is 4.01. The number of aromatic amines is 1. The van der Waals surface area contributed by atoms with Gasteiger partial charge < -0.3 is 10.1 Å². The number of carbonyl (C=O) groups is 1. The lowest BCUT2D eigenvalue weighted by molar-refractivity contribution is -0.121. The molecule has 3 aromatic rings. The molecule has 3 heterocycles. The number of ether oxygens (including phenoxy) is 1. The van der Waals surface area contributed by atoms with Gasteiger partial charge in [-0.2, -0.15) is 10.2 Å². The quantitative estimate of drug-likeness (QED) is 0.759. The number of aromatic nitrogens is 4. The fourth-order valence-electron chi connectivity index (χ4n) is 3.38. The molecular weight excluding hydrogens is 318 g/mol. The summed E-state index contributed by atoms with van der Waals surface area (Å²) in [6.45, 7) is 2.66. The number of nitrogens with one attached hydrogen (secondary N) is 2. The van der Waals surface area contributed by atoms with Crippen molar-refractivity contribution in [3.8, 4) is 0 Å². The van der Waals surface area contributed by atoms with Crippen LogP contribution in [0.15, 0.2) is 30.6 Å². The van der Waals surface area contributed by atoms with E-state index in [1.165, 1.54) is 0 Å². The van der Waals surface area contributed by atoms with Gasteiger partial charge in [0.2, 0.25) is 5.91 Å². The van der Waals surface area contributed by atoms with Gasteiger partial charge >= 0.3 is 0 Å². The molecule has 0 bridgehead atoms. The average Bonchev–Trinajstić information content (AvgIpc) is 3.29. The highest BCUT2D eigenvalue weighted by Crippen LogP contribution is 2.31. The molecule has 7 nitrogen and oxygen atoms in total. The van der Waals surface area contributed by atoms with Crippen molar-refractivity contribution in [2.24, 2.45) is 7.05 Å². The summed E-state index contributed by atoms with van der Waals surface area (Å²) in [6.07, 6.45) is 4.62. The Hall–Kier alpha value is -2.67. The molecular formula is C18H21N5O2. The molecule has 1 amide bonds. The first-order chi connectivity index (χ1) is 12.1. The predicted octanol–water partition coefficient (Wildman–Crippen LogP) is 1.79. The molecule has 2 N–H and O–H groups in total. The van der Waals surface area contributed by atoms with Gasteiger partial charge in [0.1, 0.15) is 6.10 Å². The van der Waals surface area contributed by atoms with E-state index in [1.807, 2.05) is 43.0 Å². The number of hydrogen-bond donors (Lipinski definition) is 2. The number of nitrogens with zero attached hydrogens (tertiary/aromatic N) is 3. The van der Waals surface area contributed by atoms with Gasteiger partial charge in [0, 0.05) is 30.3 Å². The van der Waals surface area contributed by atoms with Crippen LogP contribution in [-0.4, -0.2) is 38.5 Å². The third-order valence-corrected chi connectivity index (χ3v) is 4.89. The minimum Gasteiger partial charge on any atom is -0.371 e. The second-order valence-electron chi connectivity index (χ2n) is 6.53. The van der Waals surface area contributed by atoms with E-state index < -0.39 is 0 Å². The highest BCUT2D eigenvalue weighted by Gasteiger charge is 2.33. The molecule has 1 aliphatic rings. The fraction of sp³-hybridized carbons (Fsp3) is 0.389. The van der Waals surface area contributed by atoms with E-state index in [0.717, 1.165) is 34.1 Å². The smallest absolute Gasteiger partial charge is 0.224 e. The van der Waals surface area contributed by atoms with Gasteiger partial charge in [0.05, 0.1) is 30.4 Å². The van der Waals surface area contributed by atoms with E-state index in [9.17, 15) is 4.79 Å². The van der Waals surface area contributed by atoms with Crippen LogP contribution in [0.2, 0.25) is 0 Å². The van der Waals surface area contributed by atoms with Crippen LogP contribution in [0.25, 0.3) is 10.9 Å². The van der Waals surface area contributed by atoms with Gasteiger partial charge in [-0.05, 0) is 31.0 Å². The first-order valence-corrected chi connectivity index (χ1v) is 8.43. The Bertz CT molecular complexity index is 913. The second-order valence-corrected chi connectivity index (χ2v) is 6.53. The second kappa shape index (κ2) is 6.33. The van der Waals surface area contributed by atoms with Crippen LogP contribution >= 0.6 is 0 Å². The third kappa shape index (κ3) is 3.02. The standard InChI is InChI=1S/C18H21N5O2/c1-11-14(10-20-23(11)2)18-16(5-6-25-18)21-17(24)8-12-3-4-15-13(7-12)9-19-22-15/h3-4,7,9-10,16,18H,5-6,8H2,1-2H3,(H,19,22)(H,21,24)/t16-,18+/m0/s1. The van der Waals surface area contributed by atoms with Crippen LogP contribution in [0.3, 0.4) is 0 Å². The summed E-state index contributed by atoms with van der Waals surface area (Å²) < 4.78 is 7.69. The zero-order valence-electron chi connectivity index (χ0n) is 14.3. The van der Waals surface area contributed by atoms with Crippen molar-refractivity contribution in [1.82, 2.24) is 25.3 Å². The third-order valence-electron chi connectivity index (χ3n) is 4.89. The maximum Gasteiger partial charge on any atom is 0.224 e. The molecule has 1 aliphatic heterocycles. The van der Waals surface area contributed by atoms with Gasteiger partial charge in [0.15, 0.2) is 0 Å². The Morgan fingerprint density at radius 3 is 3.12 bits per heavy atom. The molecule has 7 heteroatoms. The van der Waals surface area contributed by atoms with E-state index in [4.69, 9.17) is 4.74 Å². The van der Waals surface area contributed by atoms with Gasteiger partial charge in [-0.25, -0.2) is 0 Å². The van der Waals surface area contributed by atoms with Crippen molar-refractivity contribution in [2.75, 3.05) is 6.61 Å². The molecule has 0 unspecified atom stereocenters. The zero-order chi connectivity index (χ0) is 17.4. The van der Waals surface area contributed by atoms with Crippen molar-refractivity contribution in [1.29, 1.82) is 0 Å². The molecule has 0 spiro atoms. The zero-order valence-corrected chi connectivity index (χ0v) is 14.3. The number of H-pyrrole nitrogens is 1. The molecule has 1 fully saturated rings. The largest absolute Gasteiger partial charge is 0.371 e. The lowest BCUT2D eigenvalue weighted by Crippen LogP contribution is -2.37. The van der Waals surface area contributed by atoms with Gasteiger partial charge in [-0.1, -0.05) is 6.07 Å². The summed E-state index contributed by atoms with van der Waals surface area (Å²) in [5.74, 6) is 0.00453. The molecule has 0 saturated carbocycles.